The van der Waals surface area contributed by atoms with Crippen LogP contribution in [0.3, 0.4) is 0 Å². The molecular formula is C10H13BrN2O2. The molecule has 1 aromatic carbocycles. The van der Waals surface area contributed by atoms with Crippen LogP contribution in [0.1, 0.15) is 11.1 Å². The van der Waals surface area contributed by atoms with Crippen LogP contribution in [0.4, 0.5) is 0 Å². The number of hydrogen-bond acceptors (Lipinski definition) is 3. The van der Waals surface area contributed by atoms with Gasteiger partial charge in [-0.25, -0.2) is 5.84 Å². The minimum atomic E-state index is -0.359. The molecule has 0 aliphatic heterocycles. The van der Waals surface area contributed by atoms with Gasteiger partial charge < -0.3 is 4.74 Å². The zero-order valence-electron chi connectivity index (χ0n) is 8.63. The lowest BCUT2D eigenvalue weighted by atomic mass is 10.1. The summed E-state index contributed by atoms with van der Waals surface area (Å²) in [6.45, 7) is 3.83. The fraction of sp³-hybridized carbons (Fsp3) is 0.300. The molecule has 0 aliphatic rings. The molecule has 0 fully saturated rings. The number of carbonyl (C=O) groups excluding carboxylic acids is 1. The van der Waals surface area contributed by atoms with Gasteiger partial charge in [0.05, 0.1) is 4.47 Å². The van der Waals surface area contributed by atoms with E-state index in [0.29, 0.717) is 5.75 Å². The van der Waals surface area contributed by atoms with E-state index in [1.807, 2.05) is 31.4 Å². The van der Waals surface area contributed by atoms with Crippen molar-refractivity contribution in [2.24, 2.45) is 5.84 Å². The van der Waals surface area contributed by atoms with Crippen LogP contribution in [0.2, 0.25) is 0 Å². The van der Waals surface area contributed by atoms with E-state index in [1.54, 1.807) is 0 Å². The number of benzene rings is 1. The van der Waals surface area contributed by atoms with E-state index in [2.05, 4.69) is 15.9 Å². The van der Waals surface area contributed by atoms with Crippen molar-refractivity contribution in [3.8, 4) is 5.75 Å². The number of hydrazine groups is 1. The summed E-state index contributed by atoms with van der Waals surface area (Å²) >= 11 is 3.38. The van der Waals surface area contributed by atoms with Crippen molar-refractivity contribution >= 4 is 21.8 Å². The standard InChI is InChI=1S/C10H13BrN2O2/c1-6-3-7(2)10(8(11)4-6)15-5-9(14)13-12/h3-4H,5,12H2,1-2H3,(H,13,14). The van der Waals surface area contributed by atoms with Gasteiger partial charge in [0.15, 0.2) is 6.61 Å². The zero-order valence-corrected chi connectivity index (χ0v) is 10.2. The molecule has 0 saturated carbocycles. The molecule has 0 atom stereocenters. The Morgan fingerprint density at radius 2 is 2.20 bits per heavy atom. The van der Waals surface area contributed by atoms with Gasteiger partial charge in [-0.2, -0.15) is 0 Å². The van der Waals surface area contributed by atoms with Gasteiger partial charge in [0.25, 0.3) is 5.91 Å². The number of halogens is 1. The molecule has 5 heteroatoms. The van der Waals surface area contributed by atoms with Crippen LogP contribution in [-0.4, -0.2) is 12.5 Å². The predicted octanol–water partition coefficient (Wildman–Crippen LogP) is 1.43. The van der Waals surface area contributed by atoms with Gasteiger partial charge in [-0.3, -0.25) is 10.2 Å². The summed E-state index contributed by atoms with van der Waals surface area (Å²) in [6, 6.07) is 3.92. The second kappa shape index (κ2) is 5.14. The smallest absolute Gasteiger partial charge is 0.271 e. The summed E-state index contributed by atoms with van der Waals surface area (Å²) in [7, 11) is 0. The molecule has 0 heterocycles. The molecule has 0 radical (unpaired) electrons. The van der Waals surface area contributed by atoms with E-state index in [4.69, 9.17) is 10.6 Å². The second-order valence-electron chi connectivity index (χ2n) is 3.25. The van der Waals surface area contributed by atoms with E-state index in [-0.39, 0.29) is 12.5 Å². The van der Waals surface area contributed by atoms with Crippen LogP contribution in [0.15, 0.2) is 16.6 Å². The van der Waals surface area contributed by atoms with Crippen LogP contribution >= 0.6 is 15.9 Å². The average Bonchev–Trinajstić information content (AvgIpc) is 2.15. The third-order valence-corrected chi connectivity index (χ3v) is 2.47. The van der Waals surface area contributed by atoms with Crippen molar-refractivity contribution in [3.05, 3.63) is 27.7 Å². The van der Waals surface area contributed by atoms with Gasteiger partial charge in [0.1, 0.15) is 5.75 Å². The van der Waals surface area contributed by atoms with Gasteiger partial charge in [-0.1, -0.05) is 6.07 Å². The maximum Gasteiger partial charge on any atom is 0.271 e. The zero-order chi connectivity index (χ0) is 11.4. The Bertz CT molecular complexity index is 357. The second-order valence-corrected chi connectivity index (χ2v) is 4.10. The molecule has 0 bridgehead atoms. The molecule has 1 rings (SSSR count). The highest BCUT2D eigenvalue weighted by atomic mass is 79.9. The summed E-state index contributed by atoms with van der Waals surface area (Å²) in [5, 5.41) is 0. The Hall–Kier alpha value is -1.07. The van der Waals surface area contributed by atoms with Crippen LogP contribution < -0.4 is 16.0 Å². The van der Waals surface area contributed by atoms with E-state index in [9.17, 15) is 4.79 Å². The summed E-state index contributed by atoms with van der Waals surface area (Å²) < 4.78 is 6.17. The van der Waals surface area contributed by atoms with E-state index in [1.165, 1.54) is 0 Å². The first kappa shape index (κ1) is 12.0. The minimum absolute atomic E-state index is 0.0843. The quantitative estimate of drug-likeness (QED) is 0.497. The Kier molecular flexibility index (Phi) is 4.11. The van der Waals surface area contributed by atoms with Crippen molar-refractivity contribution in [3.63, 3.8) is 0 Å². The molecule has 0 aliphatic carbocycles. The number of ether oxygens (including phenoxy) is 1. The first-order valence-electron chi connectivity index (χ1n) is 4.43. The Morgan fingerprint density at radius 3 is 2.73 bits per heavy atom. The maximum absolute atomic E-state index is 10.9. The van der Waals surface area contributed by atoms with E-state index in [0.717, 1.165) is 15.6 Å². The van der Waals surface area contributed by atoms with Crippen LogP contribution in [0.25, 0.3) is 0 Å². The number of nitrogens with two attached hydrogens (primary N) is 1. The van der Waals surface area contributed by atoms with Crippen molar-refractivity contribution in [2.75, 3.05) is 6.61 Å². The Labute approximate surface area is 96.9 Å². The Balaban J connectivity index is 2.81. The molecule has 82 valence electrons. The van der Waals surface area contributed by atoms with E-state index >= 15 is 0 Å². The van der Waals surface area contributed by atoms with Crippen molar-refractivity contribution in [1.29, 1.82) is 0 Å². The van der Waals surface area contributed by atoms with Gasteiger partial charge in [-0.05, 0) is 47.0 Å². The highest BCUT2D eigenvalue weighted by molar-refractivity contribution is 9.10. The summed E-state index contributed by atoms with van der Waals surface area (Å²) in [6.07, 6.45) is 0. The lowest BCUT2D eigenvalue weighted by Gasteiger charge is -2.11. The number of nitrogens with one attached hydrogen (secondary N) is 1. The fourth-order valence-corrected chi connectivity index (χ4v) is 2.05. The Morgan fingerprint density at radius 1 is 1.53 bits per heavy atom. The lowest BCUT2D eigenvalue weighted by molar-refractivity contribution is -0.123. The van der Waals surface area contributed by atoms with Crippen LogP contribution in [0.5, 0.6) is 5.75 Å². The summed E-state index contributed by atoms with van der Waals surface area (Å²) in [5.41, 5.74) is 4.12. The minimum Gasteiger partial charge on any atom is -0.482 e. The first-order chi connectivity index (χ1) is 7.04. The largest absolute Gasteiger partial charge is 0.482 e. The molecule has 1 aromatic rings. The van der Waals surface area contributed by atoms with E-state index < -0.39 is 0 Å². The third-order valence-electron chi connectivity index (χ3n) is 1.88. The number of amides is 1. The van der Waals surface area contributed by atoms with Crippen LogP contribution in [0, 0.1) is 13.8 Å². The van der Waals surface area contributed by atoms with Gasteiger partial charge in [-0.15, -0.1) is 0 Å². The molecule has 0 unspecified atom stereocenters. The topological polar surface area (TPSA) is 64.3 Å². The first-order valence-corrected chi connectivity index (χ1v) is 5.23. The average molecular weight is 273 g/mol. The molecule has 1 amide bonds. The SMILES string of the molecule is Cc1cc(C)c(OCC(=O)NN)c(Br)c1. The van der Waals surface area contributed by atoms with Crippen LogP contribution in [-0.2, 0) is 4.79 Å². The third kappa shape index (κ3) is 3.21. The monoisotopic (exact) mass is 272 g/mol. The molecule has 0 saturated heterocycles. The predicted molar refractivity (Wildman–Crippen MR) is 61.4 cm³/mol. The maximum atomic E-state index is 10.9. The molecule has 15 heavy (non-hydrogen) atoms. The van der Waals surface area contributed by atoms with Crippen molar-refractivity contribution < 1.29 is 9.53 Å². The molecular weight excluding hydrogens is 260 g/mol. The number of carbonyl (C=O) groups is 1. The highest BCUT2D eigenvalue weighted by Crippen LogP contribution is 2.29. The van der Waals surface area contributed by atoms with Crippen molar-refractivity contribution in [1.82, 2.24) is 5.43 Å². The molecule has 0 spiro atoms. The number of rotatable bonds is 3. The molecule has 0 aromatic heterocycles. The number of aryl methyl sites for hydroxylation is 2. The van der Waals surface area contributed by atoms with Crippen molar-refractivity contribution in [2.45, 2.75) is 13.8 Å². The van der Waals surface area contributed by atoms with Gasteiger partial charge in [0.2, 0.25) is 0 Å². The summed E-state index contributed by atoms with van der Waals surface area (Å²) in [5.74, 6) is 5.26. The van der Waals surface area contributed by atoms with Gasteiger partial charge in [0, 0.05) is 0 Å². The fourth-order valence-electron chi connectivity index (χ4n) is 1.26. The number of hydrogen-bond donors (Lipinski definition) is 2. The highest BCUT2D eigenvalue weighted by Gasteiger charge is 2.08. The molecule has 4 nitrogen and oxygen atoms in total. The van der Waals surface area contributed by atoms with Gasteiger partial charge >= 0.3 is 0 Å². The summed E-state index contributed by atoms with van der Waals surface area (Å²) in [4.78, 5) is 10.9. The normalized spacial score (nSPS) is 9.87. The lowest BCUT2D eigenvalue weighted by Crippen LogP contribution is -2.34. The molecule has 3 N–H and O–H groups in total.